The van der Waals surface area contributed by atoms with E-state index in [4.69, 9.17) is 0 Å². The smallest absolute Gasteiger partial charge is 0.165 e. The molecule has 1 aromatic heterocycles. The van der Waals surface area contributed by atoms with E-state index in [2.05, 4.69) is 15.3 Å². The number of hydrogen-bond donors (Lipinski definition) is 3. The molecule has 1 heterocycles. The molecule has 0 amide bonds. The Morgan fingerprint density at radius 2 is 2.29 bits per heavy atom. The van der Waals surface area contributed by atoms with Crippen molar-refractivity contribution in [2.45, 2.75) is 42.4 Å². The molecule has 1 aromatic rings. The van der Waals surface area contributed by atoms with E-state index >= 15 is 0 Å². The number of nitrogens with one attached hydrogen (secondary N) is 2. The highest BCUT2D eigenvalue weighted by Crippen LogP contribution is 2.43. The summed E-state index contributed by atoms with van der Waals surface area (Å²) in [6, 6.07) is 0.639. The zero-order valence-corrected chi connectivity index (χ0v) is 10.7. The highest BCUT2D eigenvalue weighted by molar-refractivity contribution is 7.99. The molecule has 5 heteroatoms. The van der Waals surface area contributed by atoms with Crippen molar-refractivity contribution in [3.63, 3.8) is 0 Å². The molecular formula is C12H19N3OS. The number of rotatable bonds is 7. The van der Waals surface area contributed by atoms with Crippen molar-refractivity contribution in [2.24, 2.45) is 5.92 Å². The molecule has 3 N–H and O–H groups in total. The van der Waals surface area contributed by atoms with E-state index in [0.717, 1.165) is 10.9 Å². The monoisotopic (exact) mass is 253 g/mol. The van der Waals surface area contributed by atoms with E-state index in [0.29, 0.717) is 12.0 Å². The molecule has 2 aliphatic carbocycles. The number of thioether (sulfide) groups is 1. The number of nitrogens with zero attached hydrogens (tertiary/aromatic N) is 1. The Morgan fingerprint density at radius 3 is 2.82 bits per heavy atom. The summed E-state index contributed by atoms with van der Waals surface area (Å²) in [5.74, 6) is 1.55. The highest BCUT2D eigenvalue weighted by atomic mass is 32.2. The molecule has 2 aliphatic rings. The Bertz CT molecular complexity index is 362. The SMILES string of the molecule is OCC(CSc1ncc[nH]1)(NC1CC1)C1CC1. The van der Waals surface area contributed by atoms with E-state index < -0.39 is 0 Å². The second-order valence-electron chi connectivity index (χ2n) is 5.19. The number of H-pyrrole nitrogens is 1. The molecular weight excluding hydrogens is 234 g/mol. The quantitative estimate of drug-likeness (QED) is 0.643. The van der Waals surface area contributed by atoms with Crippen molar-refractivity contribution >= 4 is 11.8 Å². The maximum Gasteiger partial charge on any atom is 0.165 e. The fourth-order valence-corrected chi connectivity index (χ4v) is 3.39. The van der Waals surface area contributed by atoms with Gasteiger partial charge in [0.1, 0.15) is 0 Å². The summed E-state index contributed by atoms with van der Waals surface area (Å²) in [5, 5.41) is 14.4. The number of hydrogen-bond acceptors (Lipinski definition) is 4. The molecule has 4 nitrogen and oxygen atoms in total. The molecule has 0 aromatic carbocycles. The number of aliphatic hydroxyl groups is 1. The molecule has 17 heavy (non-hydrogen) atoms. The Kier molecular flexibility index (Phi) is 3.15. The normalized spacial score (nSPS) is 23.6. The van der Waals surface area contributed by atoms with E-state index in [9.17, 15) is 5.11 Å². The number of imidazole rings is 1. The van der Waals surface area contributed by atoms with Gasteiger partial charge in [0.25, 0.3) is 0 Å². The van der Waals surface area contributed by atoms with Crippen LogP contribution >= 0.6 is 11.8 Å². The molecule has 2 saturated carbocycles. The maximum absolute atomic E-state index is 9.79. The van der Waals surface area contributed by atoms with Crippen molar-refractivity contribution in [3.05, 3.63) is 12.4 Å². The Labute approximate surface area is 106 Å². The molecule has 2 fully saturated rings. The van der Waals surface area contributed by atoms with Crippen LogP contribution in [-0.4, -0.2) is 39.0 Å². The van der Waals surface area contributed by atoms with Crippen LogP contribution in [-0.2, 0) is 0 Å². The van der Waals surface area contributed by atoms with Gasteiger partial charge in [0, 0.05) is 24.2 Å². The van der Waals surface area contributed by atoms with Gasteiger partial charge in [-0.1, -0.05) is 11.8 Å². The zero-order chi connectivity index (χ0) is 11.7. The van der Waals surface area contributed by atoms with Gasteiger partial charge in [0.2, 0.25) is 0 Å². The third-order valence-corrected chi connectivity index (χ3v) is 4.81. The van der Waals surface area contributed by atoms with Crippen LogP contribution in [0.4, 0.5) is 0 Å². The van der Waals surface area contributed by atoms with Crippen molar-refractivity contribution in [2.75, 3.05) is 12.4 Å². The molecule has 1 unspecified atom stereocenters. The fraction of sp³-hybridized carbons (Fsp3) is 0.750. The minimum absolute atomic E-state index is 0.0847. The lowest BCUT2D eigenvalue weighted by molar-refractivity contribution is 0.157. The molecule has 0 bridgehead atoms. The number of aromatic nitrogens is 2. The van der Waals surface area contributed by atoms with Crippen molar-refractivity contribution < 1.29 is 5.11 Å². The largest absolute Gasteiger partial charge is 0.394 e. The van der Waals surface area contributed by atoms with Gasteiger partial charge >= 0.3 is 0 Å². The van der Waals surface area contributed by atoms with Gasteiger partial charge in [-0.05, 0) is 31.6 Å². The van der Waals surface area contributed by atoms with Gasteiger partial charge in [-0.15, -0.1) is 0 Å². The van der Waals surface area contributed by atoms with Crippen molar-refractivity contribution in [3.8, 4) is 0 Å². The van der Waals surface area contributed by atoms with Gasteiger partial charge in [-0.25, -0.2) is 4.98 Å². The van der Waals surface area contributed by atoms with E-state index in [1.165, 1.54) is 25.7 Å². The highest BCUT2D eigenvalue weighted by Gasteiger charge is 2.47. The molecule has 3 rings (SSSR count). The third kappa shape index (κ3) is 2.67. The summed E-state index contributed by atoms with van der Waals surface area (Å²) in [4.78, 5) is 7.33. The molecule has 0 aliphatic heterocycles. The first-order chi connectivity index (χ1) is 8.32. The standard InChI is InChI=1S/C12H19N3OS/c16-7-12(9-1-2-9,15-10-3-4-10)8-17-11-13-5-6-14-11/h5-6,9-10,15-16H,1-4,7-8H2,(H,13,14). The molecule has 94 valence electrons. The summed E-state index contributed by atoms with van der Waals surface area (Å²) >= 11 is 1.71. The molecule has 0 radical (unpaired) electrons. The van der Waals surface area contributed by atoms with E-state index in [1.807, 2.05) is 6.20 Å². The summed E-state index contributed by atoms with van der Waals surface area (Å²) in [6.07, 6.45) is 8.64. The predicted molar refractivity (Wildman–Crippen MR) is 68.0 cm³/mol. The first-order valence-electron chi connectivity index (χ1n) is 6.33. The Morgan fingerprint density at radius 1 is 1.47 bits per heavy atom. The van der Waals surface area contributed by atoms with Gasteiger partial charge in [-0.2, -0.15) is 0 Å². The molecule has 0 spiro atoms. The van der Waals surface area contributed by atoms with Gasteiger partial charge in [0.15, 0.2) is 5.16 Å². The second-order valence-corrected chi connectivity index (χ2v) is 6.15. The van der Waals surface area contributed by atoms with Crippen LogP contribution in [0.3, 0.4) is 0 Å². The molecule has 1 atom stereocenters. The Hall–Kier alpha value is -0.520. The fourth-order valence-electron chi connectivity index (χ4n) is 2.29. The van der Waals surface area contributed by atoms with Gasteiger partial charge < -0.3 is 15.4 Å². The summed E-state index contributed by atoms with van der Waals surface area (Å²) < 4.78 is 0. The van der Waals surface area contributed by atoms with Crippen LogP contribution in [0.1, 0.15) is 25.7 Å². The van der Waals surface area contributed by atoms with Gasteiger partial charge in [0.05, 0.1) is 12.1 Å². The van der Waals surface area contributed by atoms with Crippen LogP contribution in [0.5, 0.6) is 0 Å². The number of aromatic amines is 1. The summed E-state index contributed by atoms with van der Waals surface area (Å²) in [5.41, 5.74) is -0.0847. The first-order valence-corrected chi connectivity index (χ1v) is 7.32. The minimum atomic E-state index is -0.0847. The topological polar surface area (TPSA) is 60.9 Å². The Balaban J connectivity index is 1.64. The van der Waals surface area contributed by atoms with E-state index in [-0.39, 0.29) is 12.1 Å². The molecule has 0 saturated heterocycles. The predicted octanol–water partition coefficient (Wildman–Crippen LogP) is 1.39. The van der Waals surface area contributed by atoms with Crippen LogP contribution in [0.25, 0.3) is 0 Å². The summed E-state index contributed by atoms with van der Waals surface area (Å²) in [6.45, 7) is 0.238. The minimum Gasteiger partial charge on any atom is -0.394 e. The van der Waals surface area contributed by atoms with Crippen LogP contribution in [0.15, 0.2) is 17.6 Å². The van der Waals surface area contributed by atoms with E-state index in [1.54, 1.807) is 18.0 Å². The average Bonchev–Trinajstić information content (AvgIpc) is 3.26. The van der Waals surface area contributed by atoms with Gasteiger partial charge in [-0.3, -0.25) is 0 Å². The lowest BCUT2D eigenvalue weighted by Gasteiger charge is -2.33. The average molecular weight is 253 g/mol. The first kappa shape index (κ1) is 11.6. The van der Waals surface area contributed by atoms with Crippen LogP contribution < -0.4 is 5.32 Å². The number of aliphatic hydroxyl groups excluding tert-OH is 1. The lowest BCUT2D eigenvalue weighted by atomic mass is 9.96. The second kappa shape index (κ2) is 4.63. The van der Waals surface area contributed by atoms with Crippen molar-refractivity contribution in [1.29, 1.82) is 0 Å². The maximum atomic E-state index is 9.79. The third-order valence-electron chi connectivity index (χ3n) is 3.65. The van der Waals surface area contributed by atoms with Crippen LogP contribution in [0.2, 0.25) is 0 Å². The zero-order valence-electron chi connectivity index (χ0n) is 9.85. The lowest BCUT2D eigenvalue weighted by Crippen LogP contribution is -2.53. The summed E-state index contributed by atoms with van der Waals surface area (Å²) in [7, 11) is 0. The van der Waals surface area contributed by atoms with Crippen molar-refractivity contribution in [1.82, 2.24) is 15.3 Å². The van der Waals surface area contributed by atoms with Crippen LogP contribution in [0, 0.1) is 5.92 Å².